The van der Waals surface area contributed by atoms with Crippen LogP contribution < -0.4 is 5.73 Å². The van der Waals surface area contributed by atoms with E-state index in [1.54, 1.807) is 12.1 Å². The Morgan fingerprint density at radius 2 is 2.00 bits per heavy atom. The number of benzene rings is 1. The number of nitrogens with two attached hydrogens (primary N) is 1. The van der Waals surface area contributed by atoms with Gasteiger partial charge in [0.15, 0.2) is 0 Å². The lowest BCUT2D eigenvalue weighted by atomic mass is 9.88. The largest absolute Gasteiger partial charge is 0.330 e. The van der Waals surface area contributed by atoms with Gasteiger partial charge in [-0.2, -0.15) is 0 Å². The van der Waals surface area contributed by atoms with Crippen molar-refractivity contribution in [1.29, 1.82) is 0 Å². The molecule has 1 aromatic rings. The lowest BCUT2D eigenvalue weighted by Gasteiger charge is -2.35. The van der Waals surface area contributed by atoms with Crippen LogP contribution >= 0.6 is 0 Å². The fraction of sp³-hybridized carbons (Fsp3) is 0.625. The van der Waals surface area contributed by atoms with Gasteiger partial charge in [0, 0.05) is 23.7 Å². The zero-order chi connectivity index (χ0) is 14.8. The smallest absolute Gasteiger partial charge is 0.274 e. The van der Waals surface area contributed by atoms with Gasteiger partial charge in [0.25, 0.3) is 5.69 Å². The molecule has 0 amide bonds. The fourth-order valence-electron chi connectivity index (χ4n) is 3.67. The summed E-state index contributed by atoms with van der Waals surface area (Å²) in [5.74, 6) is 0.314. The number of para-hydroxylation sites is 1. The highest BCUT2D eigenvalue weighted by molar-refractivity contribution is 5.42. The molecule has 2 N–H and O–H groups in total. The molecule has 0 bridgehead atoms. The van der Waals surface area contributed by atoms with E-state index in [9.17, 15) is 10.1 Å². The number of rotatable bonds is 4. The molecule has 114 valence electrons. The zero-order valence-electron chi connectivity index (χ0n) is 12.3. The predicted octanol–water partition coefficient (Wildman–Crippen LogP) is 2.86. The molecule has 2 aliphatic rings. The van der Waals surface area contributed by atoms with Crippen LogP contribution in [0.1, 0.15) is 43.7 Å². The van der Waals surface area contributed by atoms with Gasteiger partial charge in [-0.15, -0.1) is 0 Å². The molecular formula is C16H23N3O2. The number of nitro benzene ring substituents is 1. The number of nitro groups is 1. The topological polar surface area (TPSA) is 72.4 Å². The normalized spacial score (nSPS) is 27.3. The fourth-order valence-corrected chi connectivity index (χ4v) is 3.67. The second kappa shape index (κ2) is 6.12. The van der Waals surface area contributed by atoms with Gasteiger partial charge in [0.1, 0.15) is 0 Å². The maximum atomic E-state index is 11.4. The van der Waals surface area contributed by atoms with Gasteiger partial charge in [0.2, 0.25) is 0 Å². The number of hydrogen-bond donors (Lipinski definition) is 1. The second-order valence-electron chi connectivity index (χ2n) is 6.22. The monoisotopic (exact) mass is 289 g/mol. The summed E-state index contributed by atoms with van der Waals surface area (Å²) in [5.41, 5.74) is 7.11. The van der Waals surface area contributed by atoms with Crippen LogP contribution in [-0.4, -0.2) is 29.0 Å². The summed E-state index contributed by atoms with van der Waals surface area (Å²) in [4.78, 5) is 13.6. The average Bonchev–Trinajstić information content (AvgIpc) is 3.32. The summed E-state index contributed by atoms with van der Waals surface area (Å²) < 4.78 is 0. The van der Waals surface area contributed by atoms with Crippen LogP contribution in [-0.2, 0) is 0 Å². The highest BCUT2D eigenvalue weighted by atomic mass is 16.6. The van der Waals surface area contributed by atoms with Crippen molar-refractivity contribution in [3.05, 3.63) is 39.9 Å². The molecule has 1 aromatic carbocycles. The maximum Gasteiger partial charge on any atom is 0.274 e. The van der Waals surface area contributed by atoms with Crippen LogP contribution in [0, 0.1) is 16.0 Å². The van der Waals surface area contributed by atoms with Crippen LogP contribution in [0.3, 0.4) is 0 Å². The van der Waals surface area contributed by atoms with Crippen molar-refractivity contribution < 1.29 is 4.92 Å². The molecule has 3 rings (SSSR count). The van der Waals surface area contributed by atoms with Gasteiger partial charge in [-0.05, 0) is 44.7 Å². The van der Waals surface area contributed by atoms with Crippen molar-refractivity contribution >= 4 is 5.69 Å². The van der Waals surface area contributed by atoms with E-state index in [1.807, 2.05) is 12.1 Å². The predicted molar refractivity (Wildman–Crippen MR) is 82.0 cm³/mol. The maximum absolute atomic E-state index is 11.4. The summed E-state index contributed by atoms with van der Waals surface area (Å²) in [7, 11) is 0. The minimum absolute atomic E-state index is 0.103. The van der Waals surface area contributed by atoms with Gasteiger partial charge < -0.3 is 5.73 Å². The van der Waals surface area contributed by atoms with Crippen molar-refractivity contribution in [3.8, 4) is 0 Å². The Labute approximate surface area is 125 Å². The Balaban J connectivity index is 2.02. The minimum Gasteiger partial charge on any atom is -0.330 e. The lowest BCUT2D eigenvalue weighted by Crippen LogP contribution is -2.37. The zero-order valence-corrected chi connectivity index (χ0v) is 12.3. The molecule has 0 aromatic heterocycles. The summed E-state index contributed by atoms with van der Waals surface area (Å²) in [6.07, 6.45) is 5.84. The van der Waals surface area contributed by atoms with E-state index in [0.717, 1.165) is 18.5 Å². The third-order valence-electron chi connectivity index (χ3n) is 4.82. The van der Waals surface area contributed by atoms with Crippen molar-refractivity contribution in [3.63, 3.8) is 0 Å². The SMILES string of the molecule is NCC1CCCCN(C2CC2)C1c1ccccc1[N+](=O)[O-]. The van der Waals surface area contributed by atoms with Crippen molar-refractivity contribution in [2.45, 2.75) is 44.2 Å². The molecule has 1 saturated heterocycles. The molecule has 21 heavy (non-hydrogen) atoms. The minimum atomic E-state index is -0.251. The standard InChI is InChI=1S/C16H23N3O2/c17-11-12-5-3-4-10-18(13-8-9-13)16(12)14-6-1-2-7-15(14)19(20)21/h1-2,6-7,12-13,16H,3-5,8-11,17H2. The highest BCUT2D eigenvalue weighted by Gasteiger charge is 2.41. The molecule has 2 atom stereocenters. The Hall–Kier alpha value is -1.46. The van der Waals surface area contributed by atoms with Gasteiger partial charge in [-0.1, -0.05) is 24.6 Å². The van der Waals surface area contributed by atoms with Crippen molar-refractivity contribution in [2.24, 2.45) is 11.7 Å². The molecule has 2 unspecified atom stereocenters. The van der Waals surface area contributed by atoms with E-state index in [1.165, 1.54) is 25.7 Å². The van der Waals surface area contributed by atoms with Gasteiger partial charge >= 0.3 is 0 Å². The van der Waals surface area contributed by atoms with Gasteiger partial charge in [-0.3, -0.25) is 15.0 Å². The number of nitrogens with zero attached hydrogens (tertiary/aromatic N) is 2. The van der Waals surface area contributed by atoms with Crippen LogP contribution in [0.5, 0.6) is 0 Å². The number of hydrogen-bond acceptors (Lipinski definition) is 4. The van der Waals surface area contributed by atoms with E-state index in [2.05, 4.69) is 4.90 Å². The summed E-state index contributed by atoms with van der Waals surface area (Å²) in [6.45, 7) is 1.64. The van der Waals surface area contributed by atoms with E-state index >= 15 is 0 Å². The summed E-state index contributed by atoms with van der Waals surface area (Å²) in [5, 5.41) is 11.4. The first kappa shape index (κ1) is 14.5. The van der Waals surface area contributed by atoms with Crippen LogP contribution in [0.4, 0.5) is 5.69 Å². The first-order chi connectivity index (χ1) is 10.2. The van der Waals surface area contributed by atoms with Crippen LogP contribution in [0.15, 0.2) is 24.3 Å². The highest BCUT2D eigenvalue weighted by Crippen LogP contribution is 2.43. The van der Waals surface area contributed by atoms with Gasteiger partial charge in [-0.25, -0.2) is 0 Å². The van der Waals surface area contributed by atoms with E-state index in [-0.39, 0.29) is 16.7 Å². The quantitative estimate of drug-likeness (QED) is 0.683. The summed E-state index contributed by atoms with van der Waals surface area (Å²) >= 11 is 0. The second-order valence-corrected chi connectivity index (χ2v) is 6.22. The summed E-state index contributed by atoms with van der Waals surface area (Å²) in [6, 6.07) is 7.90. The molecule has 1 aliphatic heterocycles. The number of likely N-dealkylation sites (tertiary alicyclic amines) is 1. The Morgan fingerprint density at radius 1 is 1.24 bits per heavy atom. The van der Waals surface area contributed by atoms with E-state index in [0.29, 0.717) is 18.5 Å². The Kier molecular flexibility index (Phi) is 4.22. The lowest BCUT2D eigenvalue weighted by molar-refractivity contribution is -0.386. The molecule has 1 saturated carbocycles. The van der Waals surface area contributed by atoms with Gasteiger partial charge in [0.05, 0.1) is 4.92 Å². The molecule has 5 heteroatoms. The average molecular weight is 289 g/mol. The molecule has 1 heterocycles. The first-order valence-corrected chi connectivity index (χ1v) is 7.91. The van der Waals surface area contributed by atoms with Crippen LogP contribution in [0.2, 0.25) is 0 Å². The molecular weight excluding hydrogens is 266 g/mol. The molecule has 2 fully saturated rings. The third kappa shape index (κ3) is 2.94. The van der Waals surface area contributed by atoms with E-state index in [4.69, 9.17) is 5.73 Å². The van der Waals surface area contributed by atoms with Crippen LogP contribution in [0.25, 0.3) is 0 Å². The van der Waals surface area contributed by atoms with E-state index < -0.39 is 0 Å². The first-order valence-electron chi connectivity index (χ1n) is 7.91. The Bertz CT molecular complexity index is 516. The third-order valence-corrected chi connectivity index (χ3v) is 4.82. The molecule has 5 nitrogen and oxygen atoms in total. The van der Waals surface area contributed by atoms with Crippen molar-refractivity contribution in [1.82, 2.24) is 4.90 Å². The van der Waals surface area contributed by atoms with Crippen molar-refractivity contribution in [2.75, 3.05) is 13.1 Å². The molecule has 1 aliphatic carbocycles. The molecule has 0 radical (unpaired) electrons. The Morgan fingerprint density at radius 3 is 2.67 bits per heavy atom. The molecule has 0 spiro atoms.